The summed E-state index contributed by atoms with van der Waals surface area (Å²) in [6.07, 6.45) is 7.73. The number of halogens is 1. The molecular weight excluding hydrogens is 363 g/mol. The van der Waals surface area contributed by atoms with Crippen LogP contribution in [0.15, 0.2) is 36.0 Å². The minimum Gasteiger partial charge on any atom is -0.233 e. The molecule has 0 bridgehead atoms. The summed E-state index contributed by atoms with van der Waals surface area (Å²) in [7, 11) is 0. The number of allylic oxidation sites excluding steroid dienone is 1. The molecule has 1 heterocycles. The fraction of sp³-hybridized carbons (Fsp3) is 0.476. The molecular formula is C21H25FN2S2. The van der Waals surface area contributed by atoms with Crippen molar-refractivity contribution in [3.8, 4) is 5.69 Å². The third kappa shape index (κ3) is 3.03. The second-order valence-electron chi connectivity index (χ2n) is 7.82. The molecule has 2 aromatic rings. The molecule has 1 fully saturated rings. The molecule has 4 rings (SSSR count). The fourth-order valence-corrected chi connectivity index (χ4v) is 5.93. The highest BCUT2D eigenvalue weighted by Gasteiger charge is 2.46. The Morgan fingerprint density at radius 3 is 2.73 bits per heavy atom. The first-order valence-corrected chi connectivity index (χ1v) is 10.7. The number of rotatable bonds is 4. The van der Waals surface area contributed by atoms with Gasteiger partial charge in [-0.15, -0.1) is 0 Å². The van der Waals surface area contributed by atoms with E-state index in [4.69, 9.17) is 0 Å². The Balaban J connectivity index is 1.65. The zero-order valence-corrected chi connectivity index (χ0v) is 17.2. The maximum absolute atomic E-state index is 13.2. The lowest BCUT2D eigenvalue weighted by atomic mass is 9.75. The zero-order chi connectivity index (χ0) is 18.5. The van der Waals surface area contributed by atoms with Crippen LogP contribution >= 0.6 is 24.4 Å². The topological polar surface area (TPSA) is 17.8 Å². The summed E-state index contributed by atoms with van der Waals surface area (Å²) in [4.78, 5) is 0. The summed E-state index contributed by atoms with van der Waals surface area (Å²) < 4.78 is 15.2. The van der Waals surface area contributed by atoms with Crippen molar-refractivity contribution in [3.63, 3.8) is 0 Å². The number of nitrogens with zero attached hydrogens (tertiary/aromatic N) is 2. The average Bonchev–Trinajstić information content (AvgIpc) is 3.14. The van der Waals surface area contributed by atoms with Gasteiger partial charge >= 0.3 is 0 Å². The Bertz CT molecular complexity index is 840. The van der Waals surface area contributed by atoms with Crippen LogP contribution in [0.1, 0.15) is 44.9 Å². The van der Waals surface area contributed by atoms with Crippen molar-refractivity contribution in [2.75, 3.05) is 0 Å². The third-order valence-corrected chi connectivity index (χ3v) is 8.58. The lowest BCUT2D eigenvalue weighted by Gasteiger charge is -2.37. The van der Waals surface area contributed by atoms with E-state index < -0.39 is 0 Å². The number of thioether (sulfide) groups is 1. The van der Waals surface area contributed by atoms with Crippen LogP contribution in [0.3, 0.4) is 0 Å². The van der Waals surface area contributed by atoms with Crippen molar-refractivity contribution in [2.45, 2.75) is 55.8 Å². The maximum atomic E-state index is 13.2. The van der Waals surface area contributed by atoms with E-state index in [2.05, 4.69) is 56.3 Å². The molecule has 1 saturated carbocycles. The quantitative estimate of drug-likeness (QED) is 0.691. The Morgan fingerprint density at radius 1 is 1.31 bits per heavy atom. The van der Waals surface area contributed by atoms with E-state index in [9.17, 15) is 4.39 Å². The van der Waals surface area contributed by atoms with Crippen molar-refractivity contribution >= 4 is 30.5 Å². The molecule has 4 unspecified atom stereocenters. The van der Waals surface area contributed by atoms with E-state index in [0.717, 1.165) is 24.2 Å². The van der Waals surface area contributed by atoms with Crippen LogP contribution in [0.5, 0.6) is 0 Å². The van der Waals surface area contributed by atoms with Gasteiger partial charge in [-0.3, -0.25) is 0 Å². The van der Waals surface area contributed by atoms with Gasteiger partial charge in [0.2, 0.25) is 0 Å². The van der Waals surface area contributed by atoms with Gasteiger partial charge in [0.1, 0.15) is 5.82 Å². The third-order valence-electron chi connectivity index (χ3n) is 6.00. The molecule has 1 aromatic carbocycles. The first-order valence-electron chi connectivity index (χ1n) is 9.26. The number of hydrogen-bond acceptors (Lipinski definition) is 3. The molecule has 0 amide bonds. The molecule has 2 nitrogen and oxygen atoms in total. The number of thiol groups is 1. The number of aromatic nitrogens is 2. The zero-order valence-electron chi connectivity index (χ0n) is 15.4. The van der Waals surface area contributed by atoms with Crippen LogP contribution in [-0.2, 0) is 6.42 Å². The molecule has 2 aliphatic carbocycles. The summed E-state index contributed by atoms with van der Waals surface area (Å²) in [5, 5.41) is 6.17. The SMILES string of the molecule is CC(S)C(C)SC1CCC2=Cc3c(cnn3-c3ccc(F)cc3)CC21C. The largest absolute Gasteiger partial charge is 0.233 e. The highest BCUT2D eigenvalue weighted by atomic mass is 32.2. The van der Waals surface area contributed by atoms with Gasteiger partial charge in [-0.25, -0.2) is 9.07 Å². The standard InChI is InChI=1S/C21H25FN2S2/c1-13(25)14(2)26-20-9-4-16-10-19-15(11-21(16,20)3)12-23-24(19)18-7-5-17(22)6-8-18/h5-8,10,12-14,20,25H,4,9,11H2,1-3H3. The van der Waals surface area contributed by atoms with Crippen LogP contribution in [-0.4, -0.2) is 25.5 Å². The van der Waals surface area contributed by atoms with Gasteiger partial charge in [0.05, 0.1) is 17.6 Å². The van der Waals surface area contributed by atoms with Crippen molar-refractivity contribution in [1.82, 2.24) is 9.78 Å². The van der Waals surface area contributed by atoms with Crippen molar-refractivity contribution in [2.24, 2.45) is 5.41 Å². The molecule has 2 aliphatic rings. The lowest BCUT2D eigenvalue weighted by molar-refractivity contribution is 0.416. The predicted molar refractivity (Wildman–Crippen MR) is 112 cm³/mol. The van der Waals surface area contributed by atoms with Gasteiger partial charge in [-0.2, -0.15) is 29.5 Å². The van der Waals surface area contributed by atoms with E-state index in [0.29, 0.717) is 15.7 Å². The fourth-order valence-electron chi connectivity index (χ4n) is 4.18. The van der Waals surface area contributed by atoms with Gasteiger partial charge < -0.3 is 0 Å². The molecule has 5 heteroatoms. The van der Waals surface area contributed by atoms with E-state index >= 15 is 0 Å². The predicted octanol–water partition coefficient (Wildman–Crippen LogP) is 5.56. The smallest absolute Gasteiger partial charge is 0.123 e. The van der Waals surface area contributed by atoms with Gasteiger partial charge in [0.25, 0.3) is 0 Å². The van der Waals surface area contributed by atoms with Crippen LogP contribution < -0.4 is 0 Å². The first kappa shape index (κ1) is 18.2. The van der Waals surface area contributed by atoms with Gasteiger partial charge in [0.15, 0.2) is 0 Å². The van der Waals surface area contributed by atoms with Crippen molar-refractivity contribution in [3.05, 3.63) is 53.1 Å². The van der Waals surface area contributed by atoms with E-state index in [1.807, 2.05) is 10.9 Å². The normalized spacial score (nSPS) is 26.8. The Labute approximate surface area is 164 Å². The molecule has 1 aromatic heterocycles. The highest BCUT2D eigenvalue weighted by molar-refractivity contribution is 8.01. The molecule has 0 spiro atoms. The van der Waals surface area contributed by atoms with Crippen LogP contribution in [0, 0.1) is 11.2 Å². The summed E-state index contributed by atoms with van der Waals surface area (Å²) >= 11 is 6.72. The number of hydrogen-bond donors (Lipinski definition) is 1. The summed E-state index contributed by atoms with van der Waals surface area (Å²) in [6, 6.07) is 6.56. The monoisotopic (exact) mass is 388 g/mol. The van der Waals surface area contributed by atoms with Gasteiger partial charge in [-0.05, 0) is 55.2 Å². The van der Waals surface area contributed by atoms with Crippen molar-refractivity contribution < 1.29 is 4.39 Å². The molecule has 0 radical (unpaired) electrons. The molecule has 138 valence electrons. The van der Waals surface area contributed by atoms with E-state index in [1.54, 1.807) is 12.1 Å². The second-order valence-corrected chi connectivity index (χ2v) is 10.2. The van der Waals surface area contributed by atoms with Gasteiger partial charge in [-0.1, -0.05) is 26.3 Å². The van der Waals surface area contributed by atoms with Gasteiger partial charge in [0, 0.05) is 21.2 Å². The summed E-state index contributed by atoms with van der Waals surface area (Å²) in [6.45, 7) is 6.88. The number of fused-ring (bicyclic) bond motifs is 2. The van der Waals surface area contributed by atoms with E-state index in [1.165, 1.54) is 29.7 Å². The second kappa shape index (κ2) is 6.75. The Hall–Kier alpha value is -1.20. The van der Waals surface area contributed by atoms with Crippen molar-refractivity contribution in [1.29, 1.82) is 0 Å². The first-order chi connectivity index (χ1) is 12.4. The average molecular weight is 389 g/mol. The van der Waals surface area contributed by atoms with Crippen LogP contribution in [0.2, 0.25) is 0 Å². The number of benzene rings is 1. The van der Waals surface area contributed by atoms with Crippen LogP contribution in [0.4, 0.5) is 4.39 Å². The Morgan fingerprint density at radius 2 is 2.04 bits per heavy atom. The highest BCUT2D eigenvalue weighted by Crippen LogP contribution is 2.54. The summed E-state index contributed by atoms with van der Waals surface area (Å²) in [5.74, 6) is -0.219. The molecule has 4 atom stereocenters. The molecule has 26 heavy (non-hydrogen) atoms. The van der Waals surface area contributed by atoms with Crippen LogP contribution in [0.25, 0.3) is 11.8 Å². The minimum absolute atomic E-state index is 0.200. The maximum Gasteiger partial charge on any atom is 0.123 e. The summed E-state index contributed by atoms with van der Waals surface area (Å²) in [5.41, 5.74) is 5.09. The molecule has 0 aliphatic heterocycles. The molecule has 0 N–H and O–H groups in total. The minimum atomic E-state index is -0.219. The molecule has 0 saturated heterocycles. The lowest BCUT2D eigenvalue weighted by Crippen LogP contribution is -2.32. The Kier molecular flexibility index (Phi) is 4.72. The van der Waals surface area contributed by atoms with E-state index in [-0.39, 0.29) is 11.2 Å².